The molecule has 1 amide bonds. The van der Waals surface area contributed by atoms with Gasteiger partial charge in [0.15, 0.2) is 0 Å². The number of aryl methyl sites for hydroxylation is 1. The van der Waals surface area contributed by atoms with E-state index in [9.17, 15) is 22.8 Å². The molecule has 0 spiro atoms. The second-order valence-electron chi connectivity index (χ2n) is 6.31. The zero-order valence-corrected chi connectivity index (χ0v) is 14.5. The normalized spacial score (nSPS) is 11.6. The van der Waals surface area contributed by atoms with Crippen molar-refractivity contribution in [2.75, 3.05) is 0 Å². The first kappa shape index (κ1) is 18.7. The lowest BCUT2D eigenvalue weighted by atomic mass is 10.1. The lowest BCUT2D eigenvalue weighted by Gasteiger charge is -2.24. The Morgan fingerprint density at radius 3 is 2.41 bits per heavy atom. The van der Waals surface area contributed by atoms with Crippen molar-refractivity contribution in [1.82, 2.24) is 9.88 Å². The maximum absolute atomic E-state index is 13.0. The first-order chi connectivity index (χ1) is 12.8. The number of carbonyl (C=O) groups excluding carboxylic acids is 1. The first-order valence-electron chi connectivity index (χ1n) is 8.27. The van der Waals surface area contributed by atoms with Gasteiger partial charge in [-0.3, -0.25) is 9.59 Å². The Bertz CT molecular complexity index is 1030. The number of rotatable bonds is 4. The van der Waals surface area contributed by atoms with Crippen LogP contribution in [0.25, 0.3) is 10.9 Å². The predicted molar refractivity (Wildman–Crippen MR) is 96.1 cm³/mol. The molecule has 0 fully saturated rings. The van der Waals surface area contributed by atoms with Crippen LogP contribution in [0.3, 0.4) is 0 Å². The van der Waals surface area contributed by atoms with E-state index in [1.54, 1.807) is 42.5 Å². The number of hydrogen-bond donors (Lipinski definition) is 1. The molecule has 140 valence electrons. The summed E-state index contributed by atoms with van der Waals surface area (Å²) in [6, 6.07) is 15.3. The van der Waals surface area contributed by atoms with E-state index in [1.807, 2.05) is 13.0 Å². The van der Waals surface area contributed by atoms with Crippen LogP contribution in [-0.2, 0) is 17.9 Å². The summed E-state index contributed by atoms with van der Waals surface area (Å²) in [5, 5.41) is 0.698. The summed E-state index contributed by atoms with van der Waals surface area (Å²) in [5.74, 6) is -1.98. The van der Waals surface area contributed by atoms with Crippen molar-refractivity contribution in [3.63, 3.8) is 0 Å². The van der Waals surface area contributed by atoms with Crippen molar-refractivity contribution in [1.29, 1.82) is 0 Å². The number of nitrogens with zero attached hydrogens (tertiary/aromatic N) is 1. The number of hydrogen-bond acceptors (Lipinski definition) is 2. The van der Waals surface area contributed by atoms with Gasteiger partial charge in [-0.05, 0) is 29.5 Å². The number of aromatic amines is 1. The number of nitrogens with one attached hydrogen (secondary N) is 1. The number of alkyl halides is 3. The highest BCUT2D eigenvalue weighted by molar-refractivity contribution is 5.83. The summed E-state index contributed by atoms with van der Waals surface area (Å²) in [6.07, 6.45) is -5.02. The number of benzene rings is 2. The third kappa shape index (κ3) is 4.19. The number of halogens is 3. The number of carbonyl (C=O) groups is 1. The van der Waals surface area contributed by atoms with Gasteiger partial charge in [0.2, 0.25) is 0 Å². The van der Waals surface area contributed by atoms with E-state index in [-0.39, 0.29) is 12.1 Å². The zero-order chi connectivity index (χ0) is 19.6. The van der Waals surface area contributed by atoms with Gasteiger partial charge in [-0.15, -0.1) is 0 Å². The molecule has 1 heterocycles. The van der Waals surface area contributed by atoms with Crippen LogP contribution >= 0.6 is 0 Å². The van der Waals surface area contributed by atoms with Crippen LogP contribution in [-0.4, -0.2) is 22.0 Å². The predicted octanol–water partition coefficient (Wildman–Crippen LogP) is 3.93. The van der Waals surface area contributed by atoms with Crippen LogP contribution in [0.4, 0.5) is 13.2 Å². The Hall–Kier alpha value is -3.09. The fourth-order valence-electron chi connectivity index (χ4n) is 2.93. The number of aromatic nitrogens is 1. The molecule has 0 aliphatic heterocycles. The van der Waals surface area contributed by atoms with Crippen molar-refractivity contribution in [2.24, 2.45) is 0 Å². The maximum Gasteiger partial charge on any atom is 0.471 e. The molecule has 3 aromatic rings. The molecule has 0 atom stereocenters. The van der Waals surface area contributed by atoms with Gasteiger partial charge in [0, 0.05) is 12.1 Å². The van der Waals surface area contributed by atoms with Crippen LogP contribution < -0.4 is 5.56 Å². The van der Waals surface area contributed by atoms with Crippen LogP contribution in [0.2, 0.25) is 0 Å². The fourth-order valence-corrected chi connectivity index (χ4v) is 2.93. The molecule has 1 N–H and O–H groups in total. The molecule has 0 bridgehead atoms. The molecule has 1 aromatic heterocycles. The van der Waals surface area contributed by atoms with Gasteiger partial charge in [0.05, 0.1) is 12.1 Å². The summed E-state index contributed by atoms with van der Waals surface area (Å²) >= 11 is 0. The van der Waals surface area contributed by atoms with Crippen molar-refractivity contribution >= 4 is 16.8 Å². The topological polar surface area (TPSA) is 53.2 Å². The molecule has 3 rings (SSSR count). The smallest absolute Gasteiger partial charge is 0.326 e. The molecule has 0 saturated carbocycles. The van der Waals surface area contributed by atoms with Crippen LogP contribution in [0, 0.1) is 6.92 Å². The Morgan fingerprint density at radius 1 is 1.04 bits per heavy atom. The highest BCUT2D eigenvalue weighted by atomic mass is 19.4. The molecule has 4 nitrogen and oxygen atoms in total. The first-order valence-corrected chi connectivity index (χ1v) is 8.27. The molecule has 0 saturated heterocycles. The quantitative estimate of drug-likeness (QED) is 0.752. The van der Waals surface area contributed by atoms with Crippen molar-refractivity contribution in [3.8, 4) is 0 Å². The van der Waals surface area contributed by atoms with E-state index in [0.29, 0.717) is 21.4 Å². The number of para-hydroxylation sites is 1. The molecular weight excluding hydrogens is 357 g/mol. The number of pyridine rings is 1. The number of amides is 1. The Kier molecular flexibility index (Phi) is 5.03. The van der Waals surface area contributed by atoms with Gasteiger partial charge in [0.1, 0.15) is 0 Å². The summed E-state index contributed by atoms with van der Waals surface area (Å²) < 4.78 is 39.1. The molecule has 27 heavy (non-hydrogen) atoms. The standard InChI is InChI=1S/C20H17F3N2O2/c1-13-6-5-9-15-10-16(18(26)24-17(13)15)12-25(19(27)20(21,22)23)11-14-7-3-2-4-8-14/h2-10H,11-12H2,1H3,(H,24,26). The van der Waals surface area contributed by atoms with Crippen molar-refractivity contribution in [2.45, 2.75) is 26.2 Å². The van der Waals surface area contributed by atoms with E-state index < -0.39 is 24.2 Å². The lowest BCUT2D eigenvalue weighted by Crippen LogP contribution is -2.41. The molecule has 7 heteroatoms. The van der Waals surface area contributed by atoms with Crippen molar-refractivity contribution in [3.05, 3.63) is 81.6 Å². The molecule has 0 aliphatic carbocycles. The molecule has 0 radical (unpaired) electrons. The third-order valence-electron chi connectivity index (χ3n) is 4.27. The highest BCUT2D eigenvalue weighted by Gasteiger charge is 2.42. The average Bonchev–Trinajstić information content (AvgIpc) is 2.62. The minimum atomic E-state index is -5.02. The maximum atomic E-state index is 13.0. The van der Waals surface area contributed by atoms with Gasteiger partial charge >= 0.3 is 12.1 Å². The van der Waals surface area contributed by atoms with E-state index in [0.717, 1.165) is 5.56 Å². The average molecular weight is 374 g/mol. The van der Waals surface area contributed by atoms with Gasteiger partial charge in [0.25, 0.3) is 5.56 Å². The van der Waals surface area contributed by atoms with Crippen LogP contribution in [0.5, 0.6) is 0 Å². The SMILES string of the molecule is Cc1cccc2cc(CN(Cc3ccccc3)C(=O)C(F)(F)F)c(=O)[nH]c12. The van der Waals surface area contributed by atoms with E-state index in [2.05, 4.69) is 4.98 Å². The van der Waals surface area contributed by atoms with Gasteiger partial charge in [-0.1, -0.05) is 48.5 Å². The lowest BCUT2D eigenvalue weighted by molar-refractivity contribution is -0.186. The van der Waals surface area contributed by atoms with E-state index in [4.69, 9.17) is 0 Å². The van der Waals surface area contributed by atoms with E-state index >= 15 is 0 Å². The fraction of sp³-hybridized carbons (Fsp3) is 0.200. The van der Waals surface area contributed by atoms with E-state index in [1.165, 1.54) is 6.07 Å². The minimum absolute atomic E-state index is 0.0987. The summed E-state index contributed by atoms with van der Waals surface area (Å²) in [5.41, 5.74) is 1.61. The second kappa shape index (κ2) is 7.26. The molecule has 2 aromatic carbocycles. The third-order valence-corrected chi connectivity index (χ3v) is 4.27. The molecule has 0 aliphatic rings. The van der Waals surface area contributed by atoms with Crippen LogP contribution in [0.1, 0.15) is 16.7 Å². The largest absolute Gasteiger partial charge is 0.471 e. The minimum Gasteiger partial charge on any atom is -0.326 e. The number of fused-ring (bicyclic) bond motifs is 1. The summed E-state index contributed by atoms with van der Waals surface area (Å²) in [6.45, 7) is 1.14. The van der Waals surface area contributed by atoms with Crippen molar-refractivity contribution < 1.29 is 18.0 Å². The Morgan fingerprint density at radius 2 is 1.74 bits per heavy atom. The Balaban J connectivity index is 1.98. The summed E-state index contributed by atoms with van der Waals surface area (Å²) in [7, 11) is 0. The van der Waals surface area contributed by atoms with Gasteiger partial charge in [-0.2, -0.15) is 13.2 Å². The zero-order valence-electron chi connectivity index (χ0n) is 14.5. The molecular formula is C20H17F3N2O2. The Labute approximate surface area is 153 Å². The monoisotopic (exact) mass is 374 g/mol. The molecule has 0 unspecified atom stereocenters. The number of H-pyrrole nitrogens is 1. The highest BCUT2D eigenvalue weighted by Crippen LogP contribution is 2.22. The van der Waals surface area contributed by atoms with Gasteiger partial charge < -0.3 is 9.88 Å². The second-order valence-corrected chi connectivity index (χ2v) is 6.31. The summed E-state index contributed by atoms with van der Waals surface area (Å²) in [4.78, 5) is 27.6. The van der Waals surface area contributed by atoms with Gasteiger partial charge in [-0.25, -0.2) is 0 Å². The van der Waals surface area contributed by atoms with Crippen LogP contribution in [0.15, 0.2) is 59.4 Å².